The van der Waals surface area contributed by atoms with Crippen molar-refractivity contribution in [2.45, 2.75) is 39.7 Å². The van der Waals surface area contributed by atoms with Crippen LogP contribution in [0.5, 0.6) is 0 Å². The van der Waals surface area contributed by atoms with Gasteiger partial charge in [-0.1, -0.05) is 35.0 Å². The van der Waals surface area contributed by atoms with Crippen LogP contribution >= 0.6 is 27.3 Å². The summed E-state index contributed by atoms with van der Waals surface area (Å²) < 4.78 is 2.75. The molecule has 0 atom stereocenters. The van der Waals surface area contributed by atoms with E-state index in [2.05, 4.69) is 22.0 Å². The summed E-state index contributed by atoms with van der Waals surface area (Å²) in [5, 5.41) is 9.47. The van der Waals surface area contributed by atoms with Crippen LogP contribution in [0.15, 0.2) is 33.5 Å². The number of rotatable bonds is 5. The van der Waals surface area contributed by atoms with Gasteiger partial charge in [0.15, 0.2) is 0 Å². The predicted octanol–water partition coefficient (Wildman–Crippen LogP) is 5.06. The fourth-order valence-electron chi connectivity index (χ4n) is 3.02. The first-order valence-corrected chi connectivity index (χ1v) is 9.83. The second-order valence-corrected chi connectivity index (χ2v) is 7.94. The van der Waals surface area contributed by atoms with Crippen LogP contribution in [0.2, 0.25) is 0 Å². The number of unbranched alkanes of at least 4 members (excludes halogenated alkanes) is 1. The first kappa shape index (κ1) is 17.8. The van der Waals surface area contributed by atoms with Gasteiger partial charge in [0.25, 0.3) is 5.56 Å². The molecule has 1 aromatic carbocycles. The van der Waals surface area contributed by atoms with Gasteiger partial charge in [-0.15, -0.1) is 11.3 Å². The van der Waals surface area contributed by atoms with Crippen LogP contribution in [-0.2, 0) is 13.0 Å². The third-order valence-corrected chi connectivity index (χ3v) is 5.71. The highest BCUT2D eigenvalue weighted by Gasteiger charge is 2.19. The Morgan fingerprint density at radius 1 is 1.32 bits per heavy atom. The second kappa shape index (κ2) is 7.51. The lowest BCUT2D eigenvalue weighted by Crippen LogP contribution is -2.25. The van der Waals surface area contributed by atoms with Crippen molar-refractivity contribution >= 4 is 37.5 Å². The summed E-state index contributed by atoms with van der Waals surface area (Å²) in [5.74, 6) is 0.791. The Hall–Kier alpha value is -1.97. The molecular weight excluding hydrogens is 398 g/mol. The zero-order chi connectivity index (χ0) is 18.0. The highest BCUT2D eigenvalue weighted by Crippen LogP contribution is 2.36. The van der Waals surface area contributed by atoms with Crippen molar-refractivity contribution in [3.05, 3.63) is 49.8 Å². The zero-order valence-electron chi connectivity index (χ0n) is 14.2. The van der Waals surface area contributed by atoms with Crippen LogP contribution in [-0.4, -0.2) is 9.55 Å². The number of halogens is 1. The molecule has 0 amide bonds. The fourth-order valence-corrected chi connectivity index (χ4v) is 4.34. The Balaban J connectivity index is 2.24. The summed E-state index contributed by atoms with van der Waals surface area (Å²) in [7, 11) is 0. The Morgan fingerprint density at radius 3 is 2.68 bits per heavy atom. The number of aromatic nitrogens is 2. The van der Waals surface area contributed by atoms with E-state index >= 15 is 0 Å². The molecule has 0 saturated heterocycles. The molecule has 0 N–H and O–H groups in total. The summed E-state index contributed by atoms with van der Waals surface area (Å²) in [4.78, 5) is 19.9. The lowest BCUT2D eigenvalue weighted by Gasteiger charge is -2.11. The van der Waals surface area contributed by atoms with E-state index in [1.165, 1.54) is 0 Å². The molecule has 0 aliphatic rings. The zero-order valence-corrected chi connectivity index (χ0v) is 16.6. The smallest absolute Gasteiger partial charge is 0.262 e. The minimum absolute atomic E-state index is 0.00191. The summed E-state index contributed by atoms with van der Waals surface area (Å²) >= 11 is 5.03. The maximum Gasteiger partial charge on any atom is 0.262 e. The molecule has 6 heteroatoms. The van der Waals surface area contributed by atoms with Crippen molar-refractivity contribution in [3.63, 3.8) is 0 Å². The van der Waals surface area contributed by atoms with Gasteiger partial charge in [-0.3, -0.25) is 9.36 Å². The van der Waals surface area contributed by atoms with Gasteiger partial charge in [0, 0.05) is 34.3 Å². The van der Waals surface area contributed by atoms with E-state index in [-0.39, 0.29) is 5.56 Å². The number of hydrogen-bond donors (Lipinski definition) is 0. The van der Waals surface area contributed by atoms with Gasteiger partial charge in [-0.25, -0.2) is 4.98 Å². The number of thiophene rings is 1. The van der Waals surface area contributed by atoms with Crippen molar-refractivity contribution < 1.29 is 0 Å². The lowest BCUT2D eigenvalue weighted by atomic mass is 10.0. The molecule has 3 aromatic rings. The monoisotopic (exact) mass is 415 g/mol. The molecule has 2 aromatic heterocycles. The van der Waals surface area contributed by atoms with Crippen molar-refractivity contribution in [1.29, 1.82) is 5.26 Å². The number of aryl methyl sites for hydroxylation is 2. The topological polar surface area (TPSA) is 58.7 Å². The van der Waals surface area contributed by atoms with Crippen LogP contribution in [0.4, 0.5) is 0 Å². The van der Waals surface area contributed by atoms with Crippen molar-refractivity contribution in [3.8, 4) is 17.2 Å². The van der Waals surface area contributed by atoms with Gasteiger partial charge in [0.1, 0.15) is 10.7 Å². The minimum Gasteiger partial charge on any atom is -0.296 e. The Labute approximate surface area is 158 Å². The molecule has 0 unspecified atom stereocenters. The molecule has 0 bridgehead atoms. The normalized spacial score (nSPS) is 11.0. The highest BCUT2D eigenvalue weighted by molar-refractivity contribution is 9.10. The minimum atomic E-state index is 0.00191. The summed E-state index contributed by atoms with van der Waals surface area (Å²) in [5.41, 5.74) is 2.00. The van der Waals surface area contributed by atoms with E-state index in [1.54, 1.807) is 15.9 Å². The number of nitriles is 1. The molecule has 3 rings (SSSR count). The van der Waals surface area contributed by atoms with E-state index in [9.17, 15) is 4.79 Å². The molecule has 0 aliphatic heterocycles. The average Bonchev–Trinajstić information content (AvgIpc) is 2.93. The van der Waals surface area contributed by atoms with Gasteiger partial charge in [0.2, 0.25) is 0 Å². The Morgan fingerprint density at radius 2 is 2.04 bits per heavy atom. The first-order valence-electron chi connectivity index (χ1n) is 8.22. The first-order chi connectivity index (χ1) is 12.1. The van der Waals surface area contributed by atoms with E-state index in [0.717, 1.165) is 31.1 Å². The average molecular weight is 416 g/mol. The van der Waals surface area contributed by atoms with Gasteiger partial charge >= 0.3 is 0 Å². The van der Waals surface area contributed by atoms with Crippen LogP contribution in [0.1, 0.15) is 30.5 Å². The van der Waals surface area contributed by atoms with Crippen LogP contribution in [0.3, 0.4) is 0 Å². The third kappa shape index (κ3) is 3.39. The summed E-state index contributed by atoms with van der Waals surface area (Å²) in [6, 6.07) is 10.1. The molecule has 0 fully saturated rings. The largest absolute Gasteiger partial charge is 0.296 e. The van der Waals surface area contributed by atoms with Crippen molar-refractivity contribution in [2.75, 3.05) is 0 Å². The molecule has 0 aliphatic carbocycles. The molecule has 128 valence electrons. The van der Waals surface area contributed by atoms with Crippen molar-refractivity contribution in [2.24, 2.45) is 0 Å². The van der Waals surface area contributed by atoms with Gasteiger partial charge in [-0.05, 0) is 31.0 Å². The van der Waals surface area contributed by atoms with Gasteiger partial charge < -0.3 is 0 Å². The second-order valence-electron chi connectivity index (χ2n) is 5.82. The maximum atomic E-state index is 13.2. The summed E-state index contributed by atoms with van der Waals surface area (Å²) in [6.45, 7) is 4.58. The Kier molecular flexibility index (Phi) is 5.36. The highest BCUT2D eigenvalue weighted by atomic mass is 79.9. The van der Waals surface area contributed by atoms with Gasteiger partial charge in [0.05, 0.1) is 11.5 Å². The van der Waals surface area contributed by atoms with Crippen molar-refractivity contribution in [1.82, 2.24) is 9.55 Å². The molecule has 0 radical (unpaired) electrons. The van der Waals surface area contributed by atoms with Crippen LogP contribution in [0, 0.1) is 18.3 Å². The molecule has 2 heterocycles. The van der Waals surface area contributed by atoms with Crippen LogP contribution < -0.4 is 5.56 Å². The van der Waals surface area contributed by atoms with E-state index in [1.807, 2.05) is 38.1 Å². The number of nitrogens with zero attached hydrogens (tertiary/aromatic N) is 3. The molecule has 4 nitrogen and oxygen atoms in total. The SMILES string of the molecule is CCc1nc2sc(C)c(-c3ccc(Br)cc3)c2c(=O)n1CCCC#N. The number of hydrogen-bond acceptors (Lipinski definition) is 4. The van der Waals surface area contributed by atoms with E-state index < -0.39 is 0 Å². The van der Waals surface area contributed by atoms with E-state index in [0.29, 0.717) is 31.2 Å². The lowest BCUT2D eigenvalue weighted by molar-refractivity contribution is 0.594. The number of fused-ring (bicyclic) bond motifs is 1. The Bertz CT molecular complexity index is 1010. The quantitative estimate of drug-likeness (QED) is 0.546. The standard InChI is InChI=1S/C19H18BrN3OS/c1-3-15-22-18-17(19(24)23(15)11-5-4-10-21)16(12(2)25-18)13-6-8-14(20)9-7-13/h6-9H,3-5,11H2,1-2H3. The summed E-state index contributed by atoms with van der Waals surface area (Å²) in [6.07, 6.45) is 1.80. The van der Waals surface area contributed by atoms with Crippen LogP contribution in [0.25, 0.3) is 21.3 Å². The molecule has 0 saturated carbocycles. The fraction of sp³-hybridized carbons (Fsp3) is 0.316. The maximum absolute atomic E-state index is 13.2. The molecule has 25 heavy (non-hydrogen) atoms. The number of benzene rings is 1. The molecule has 0 spiro atoms. The van der Waals surface area contributed by atoms with E-state index in [4.69, 9.17) is 10.2 Å². The molecular formula is C19H18BrN3OS. The third-order valence-electron chi connectivity index (χ3n) is 4.19. The predicted molar refractivity (Wildman–Crippen MR) is 106 cm³/mol. The van der Waals surface area contributed by atoms with Gasteiger partial charge in [-0.2, -0.15) is 5.26 Å².